The molecular weight excluding hydrogens is 709 g/mol. The van der Waals surface area contributed by atoms with Crippen molar-refractivity contribution in [1.29, 1.82) is 0 Å². The maximum absolute atomic E-state index is 12.7. The lowest BCUT2D eigenvalue weighted by Gasteiger charge is -2.18. The second-order valence-corrected chi connectivity index (χ2v) is 14.2. The maximum Gasteiger partial charge on any atom is 0.309 e. The van der Waals surface area contributed by atoms with Crippen molar-refractivity contribution in [1.82, 2.24) is 0 Å². The first kappa shape index (κ1) is 53.1. The van der Waals surface area contributed by atoms with Crippen molar-refractivity contribution in [2.45, 2.75) is 181 Å². The molecule has 0 aromatic rings. The van der Waals surface area contributed by atoms with Gasteiger partial charge < -0.3 is 14.2 Å². The Balaban J connectivity index is 4.51. The van der Waals surface area contributed by atoms with E-state index in [4.69, 9.17) is 14.2 Å². The SMILES string of the molecule is CC/C=C\C/C=C\C/C=C\C/C=C\CCCCCC(=O)OCC(COC(=O)C/C=C\C/C=C\C/C=C\CC)OC(=O)CCCCCCCCC/C=C\C/C=C\CC. The summed E-state index contributed by atoms with van der Waals surface area (Å²) in [5, 5.41) is 0. The molecule has 0 heterocycles. The highest BCUT2D eigenvalue weighted by molar-refractivity contribution is 5.72. The molecule has 1 atom stereocenters. The Hall–Kier alpha value is -3.93. The van der Waals surface area contributed by atoms with Crippen molar-refractivity contribution in [2.75, 3.05) is 13.2 Å². The predicted molar refractivity (Wildman–Crippen MR) is 242 cm³/mol. The van der Waals surface area contributed by atoms with Crippen LogP contribution in [0.25, 0.3) is 0 Å². The molecule has 0 saturated carbocycles. The van der Waals surface area contributed by atoms with E-state index in [1.165, 1.54) is 19.3 Å². The molecule has 0 rings (SSSR count). The molecule has 0 aliphatic carbocycles. The highest BCUT2D eigenvalue weighted by atomic mass is 16.6. The number of ether oxygens (including phenoxy) is 3. The van der Waals surface area contributed by atoms with Crippen LogP contribution in [0.15, 0.2) is 109 Å². The highest BCUT2D eigenvalue weighted by Crippen LogP contribution is 2.12. The van der Waals surface area contributed by atoms with Crippen LogP contribution in [0.2, 0.25) is 0 Å². The first-order valence-electron chi connectivity index (χ1n) is 22.4. The third-order valence-corrected chi connectivity index (χ3v) is 8.79. The van der Waals surface area contributed by atoms with Crippen molar-refractivity contribution in [2.24, 2.45) is 0 Å². The summed E-state index contributed by atoms with van der Waals surface area (Å²) in [7, 11) is 0. The molecule has 0 aliphatic heterocycles. The molecule has 0 saturated heterocycles. The number of carbonyl (C=O) groups is 3. The standard InChI is InChI=1S/C51H80O6/c1-4-7-10-13-16-19-21-23-25-26-28-29-32-35-38-41-44-50(53)56-47-48(46-55-49(52)43-40-37-34-31-18-15-12-9-6-3)57-51(54)45-42-39-36-33-30-27-24-22-20-17-14-11-8-5-2/h7-12,16-20,23,25,28-29,31,37,40,48H,4-6,13-15,21-22,24,26-27,30,32-36,38-39,41-47H2,1-3H3/b10-7-,11-8-,12-9-,19-16-,20-17-,25-23-,29-28-,31-18-,40-37-. The van der Waals surface area contributed by atoms with Crippen LogP contribution < -0.4 is 0 Å². The molecule has 57 heavy (non-hydrogen) atoms. The fourth-order valence-corrected chi connectivity index (χ4v) is 5.53. The van der Waals surface area contributed by atoms with E-state index in [2.05, 4.69) is 118 Å². The van der Waals surface area contributed by atoms with Gasteiger partial charge in [0, 0.05) is 12.8 Å². The van der Waals surface area contributed by atoms with Crippen LogP contribution in [0.3, 0.4) is 0 Å². The molecule has 0 aromatic carbocycles. The summed E-state index contributed by atoms with van der Waals surface area (Å²) in [6.07, 6.45) is 59.6. The van der Waals surface area contributed by atoms with Gasteiger partial charge in [0.05, 0.1) is 6.42 Å². The topological polar surface area (TPSA) is 78.9 Å². The Labute approximate surface area is 349 Å². The fraction of sp³-hybridized carbons (Fsp3) is 0.588. The van der Waals surface area contributed by atoms with Crippen LogP contribution in [0.5, 0.6) is 0 Å². The second kappa shape index (κ2) is 44.8. The lowest BCUT2D eigenvalue weighted by molar-refractivity contribution is -0.166. The molecule has 0 amide bonds. The Morgan fingerprint density at radius 1 is 0.368 bits per heavy atom. The monoisotopic (exact) mass is 789 g/mol. The van der Waals surface area contributed by atoms with Crippen molar-refractivity contribution in [3.63, 3.8) is 0 Å². The Bertz CT molecular complexity index is 1230. The largest absolute Gasteiger partial charge is 0.462 e. The highest BCUT2D eigenvalue weighted by Gasteiger charge is 2.19. The molecule has 0 aliphatic rings. The zero-order chi connectivity index (χ0) is 41.5. The normalized spacial score (nSPS) is 13.1. The molecule has 0 fully saturated rings. The maximum atomic E-state index is 12.7. The van der Waals surface area contributed by atoms with E-state index in [0.29, 0.717) is 12.8 Å². The Morgan fingerprint density at radius 2 is 0.702 bits per heavy atom. The van der Waals surface area contributed by atoms with Gasteiger partial charge in [0.2, 0.25) is 0 Å². The second-order valence-electron chi connectivity index (χ2n) is 14.2. The van der Waals surface area contributed by atoms with Gasteiger partial charge in [0.25, 0.3) is 0 Å². The molecule has 0 bridgehead atoms. The molecule has 0 radical (unpaired) electrons. The van der Waals surface area contributed by atoms with Gasteiger partial charge in [-0.15, -0.1) is 0 Å². The summed E-state index contributed by atoms with van der Waals surface area (Å²) in [5.41, 5.74) is 0. The summed E-state index contributed by atoms with van der Waals surface area (Å²) in [6.45, 7) is 6.13. The van der Waals surface area contributed by atoms with Crippen LogP contribution in [0.4, 0.5) is 0 Å². The zero-order valence-corrected chi connectivity index (χ0v) is 36.3. The summed E-state index contributed by atoms with van der Waals surface area (Å²) >= 11 is 0. The van der Waals surface area contributed by atoms with Gasteiger partial charge in [-0.1, -0.05) is 169 Å². The molecule has 0 N–H and O–H groups in total. The summed E-state index contributed by atoms with van der Waals surface area (Å²) < 4.78 is 16.5. The van der Waals surface area contributed by atoms with Gasteiger partial charge in [-0.05, 0) is 96.3 Å². The van der Waals surface area contributed by atoms with Crippen molar-refractivity contribution < 1.29 is 28.6 Å². The fourth-order valence-electron chi connectivity index (χ4n) is 5.53. The minimum Gasteiger partial charge on any atom is -0.462 e. The molecule has 6 heteroatoms. The molecular formula is C51H80O6. The number of carbonyl (C=O) groups excluding carboxylic acids is 3. The van der Waals surface area contributed by atoms with Crippen molar-refractivity contribution >= 4 is 17.9 Å². The summed E-state index contributed by atoms with van der Waals surface area (Å²) in [6, 6.07) is 0. The van der Waals surface area contributed by atoms with Crippen LogP contribution in [0, 0.1) is 0 Å². The summed E-state index contributed by atoms with van der Waals surface area (Å²) in [4.78, 5) is 37.6. The van der Waals surface area contributed by atoms with Crippen LogP contribution >= 0.6 is 0 Å². The number of esters is 3. The van der Waals surface area contributed by atoms with E-state index in [9.17, 15) is 14.4 Å². The number of allylic oxidation sites excluding steroid dienone is 17. The van der Waals surface area contributed by atoms with Gasteiger partial charge in [0.1, 0.15) is 13.2 Å². The van der Waals surface area contributed by atoms with Crippen LogP contribution in [-0.2, 0) is 28.6 Å². The number of hydrogen-bond donors (Lipinski definition) is 0. The number of unbranched alkanes of at least 4 members (excludes halogenated alkanes) is 10. The molecule has 6 nitrogen and oxygen atoms in total. The van der Waals surface area contributed by atoms with Crippen LogP contribution in [-0.4, -0.2) is 37.2 Å². The summed E-state index contributed by atoms with van der Waals surface area (Å²) in [5.74, 6) is -1.11. The minimum absolute atomic E-state index is 0.123. The third-order valence-electron chi connectivity index (χ3n) is 8.79. The Kier molecular flexibility index (Phi) is 41.7. The quantitative estimate of drug-likeness (QED) is 0.0268. The zero-order valence-electron chi connectivity index (χ0n) is 36.3. The smallest absolute Gasteiger partial charge is 0.309 e. The van der Waals surface area contributed by atoms with Crippen LogP contribution in [0.1, 0.15) is 175 Å². The van der Waals surface area contributed by atoms with Gasteiger partial charge in [-0.3, -0.25) is 14.4 Å². The lowest BCUT2D eigenvalue weighted by Crippen LogP contribution is -2.30. The van der Waals surface area contributed by atoms with Gasteiger partial charge in [-0.2, -0.15) is 0 Å². The molecule has 0 spiro atoms. The molecule has 1 unspecified atom stereocenters. The average molecular weight is 789 g/mol. The van der Waals surface area contributed by atoms with E-state index < -0.39 is 12.1 Å². The predicted octanol–water partition coefficient (Wildman–Crippen LogP) is 14.4. The first-order valence-corrected chi connectivity index (χ1v) is 22.4. The third kappa shape index (κ3) is 43.0. The van der Waals surface area contributed by atoms with E-state index in [-0.39, 0.29) is 31.6 Å². The van der Waals surface area contributed by atoms with E-state index in [1.807, 2.05) is 6.08 Å². The number of rotatable bonds is 38. The van der Waals surface area contributed by atoms with E-state index >= 15 is 0 Å². The first-order chi connectivity index (χ1) is 28.0. The van der Waals surface area contributed by atoms with Crippen molar-refractivity contribution in [3.8, 4) is 0 Å². The van der Waals surface area contributed by atoms with Crippen molar-refractivity contribution in [3.05, 3.63) is 109 Å². The lowest BCUT2D eigenvalue weighted by atomic mass is 10.1. The van der Waals surface area contributed by atoms with Gasteiger partial charge >= 0.3 is 17.9 Å². The molecule has 320 valence electrons. The van der Waals surface area contributed by atoms with Gasteiger partial charge in [0.15, 0.2) is 6.10 Å². The number of hydrogen-bond acceptors (Lipinski definition) is 6. The molecule has 0 aromatic heterocycles. The average Bonchev–Trinajstić information content (AvgIpc) is 3.21. The minimum atomic E-state index is -0.830. The van der Waals surface area contributed by atoms with E-state index in [0.717, 1.165) is 116 Å². The van der Waals surface area contributed by atoms with Gasteiger partial charge in [-0.25, -0.2) is 0 Å². The van der Waals surface area contributed by atoms with E-state index in [1.54, 1.807) is 6.08 Å². The Morgan fingerprint density at radius 3 is 1.16 bits per heavy atom.